The van der Waals surface area contributed by atoms with Crippen molar-refractivity contribution in [2.75, 3.05) is 31.1 Å². The third kappa shape index (κ3) is 3.59. The maximum atomic E-state index is 12.8. The topological polar surface area (TPSA) is 66.5 Å². The predicted molar refractivity (Wildman–Crippen MR) is 61.2 cm³/mol. The number of hydrogen-bond donors (Lipinski definition) is 1. The summed E-state index contributed by atoms with van der Waals surface area (Å²) < 4.78 is 61.1. The largest absolute Gasteiger partial charge is 0.405 e. The Kier molecular flexibility index (Phi) is 3.78. The van der Waals surface area contributed by atoms with Crippen molar-refractivity contribution in [3.8, 4) is 0 Å². The van der Waals surface area contributed by atoms with Crippen molar-refractivity contribution in [2.45, 2.75) is 18.6 Å². The van der Waals surface area contributed by atoms with E-state index in [-0.39, 0.29) is 30.5 Å². The van der Waals surface area contributed by atoms with Crippen LogP contribution < -0.4 is 5.32 Å². The molecule has 110 valence electrons. The van der Waals surface area contributed by atoms with Gasteiger partial charge in [0.05, 0.1) is 18.1 Å². The van der Waals surface area contributed by atoms with Gasteiger partial charge in [-0.15, -0.1) is 0 Å². The van der Waals surface area contributed by atoms with Gasteiger partial charge in [-0.3, -0.25) is 9.69 Å². The van der Waals surface area contributed by atoms with Crippen LogP contribution in [0, 0.1) is 5.92 Å². The van der Waals surface area contributed by atoms with Gasteiger partial charge in [-0.1, -0.05) is 0 Å². The number of amides is 1. The quantitative estimate of drug-likeness (QED) is 0.766. The molecule has 0 aliphatic carbocycles. The number of nitrogens with zero attached hydrogens (tertiary/aromatic N) is 1. The molecule has 9 heteroatoms. The number of carbonyl (C=O) groups excluding carboxylic acids is 1. The van der Waals surface area contributed by atoms with Crippen molar-refractivity contribution >= 4 is 15.7 Å². The number of carbonyl (C=O) groups is 1. The number of piperazine rings is 1. The number of halogens is 3. The van der Waals surface area contributed by atoms with Gasteiger partial charge in [0.25, 0.3) is 0 Å². The lowest BCUT2D eigenvalue weighted by Crippen LogP contribution is -2.60. The molecule has 2 atom stereocenters. The molecule has 0 bridgehead atoms. The molecular weight excluding hydrogens is 285 g/mol. The molecule has 19 heavy (non-hydrogen) atoms. The van der Waals surface area contributed by atoms with Gasteiger partial charge in [-0.05, 0) is 12.3 Å². The standard InChI is InChI=1S/C10H15F3N2O3S/c11-10(12,13)8-3-14-9(16)5-15(8)4-7-1-2-19(17,18)6-7/h7-8H,1-6H2,(H,14,16). The van der Waals surface area contributed by atoms with E-state index >= 15 is 0 Å². The lowest BCUT2D eigenvalue weighted by atomic mass is 10.1. The first kappa shape index (κ1) is 14.6. The van der Waals surface area contributed by atoms with Crippen LogP contribution >= 0.6 is 0 Å². The molecule has 0 radical (unpaired) electrons. The fraction of sp³-hybridized carbons (Fsp3) is 0.900. The number of rotatable bonds is 2. The van der Waals surface area contributed by atoms with E-state index in [9.17, 15) is 26.4 Å². The molecule has 0 aromatic carbocycles. The van der Waals surface area contributed by atoms with Crippen molar-refractivity contribution < 1.29 is 26.4 Å². The summed E-state index contributed by atoms with van der Waals surface area (Å²) in [6.45, 7) is -0.806. The Bertz CT molecular complexity index is 463. The lowest BCUT2D eigenvalue weighted by Gasteiger charge is -2.37. The van der Waals surface area contributed by atoms with Crippen LogP contribution in [0.25, 0.3) is 0 Å². The van der Waals surface area contributed by atoms with Crippen LogP contribution in [-0.2, 0) is 14.6 Å². The zero-order chi connectivity index (χ0) is 14.3. The monoisotopic (exact) mass is 300 g/mol. The van der Waals surface area contributed by atoms with Crippen LogP contribution in [0.1, 0.15) is 6.42 Å². The molecule has 0 spiro atoms. The highest BCUT2D eigenvalue weighted by atomic mass is 32.2. The summed E-state index contributed by atoms with van der Waals surface area (Å²) in [5.74, 6) is -0.841. The highest BCUT2D eigenvalue weighted by Crippen LogP contribution is 2.28. The first-order valence-corrected chi connectivity index (χ1v) is 7.77. The Morgan fingerprint density at radius 1 is 1.37 bits per heavy atom. The third-order valence-electron chi connectivity index (χ3n) is 3.48. The second-order valence-electron chi connectivity index (χ2n) is 5.06. The van der Waals surface area contributed by atoms with Crippen LogP contribution in [0.3, 0.4) is 0 Å². The van der Waals surface area contributed by atoms with Gasteiger partial charge >= 0.3 is 6.18 Å². The SMILES string of the molecule is O=C1CN(CC2CCS(=O)(=O)C2)C(C(F)(F)F)CN1. The first-order chi connectivity index (χ1) is 8.67. The van der Waals surface area contributed by atoms with E-state index in [4.69, 9.17) is 0 Å². The van der Waals surface area contributed by atoms with Crippen LogP contribution in [0.15, 0.2) is 0 Å². The van der Waals surface area contributed by atoms with E-state index in [1.54, 1.807) is 0 Å². The molecule has 2 rings (SSSR count). The highest BCUT2D eigenvalue weighted by molar-refractivity contribution is 7.91. The van der Waals surface area contributed by atoms with Crippen molar-refractivity contribution in [2.24, 2.45) is 5.92 Å². The Morgan fingerprint density at radius 3 is 2.58 bits per heavy atom. The molecule has 1 amide bonds. The Labute approximate surface area is 109 Å². The number of hydrogen-bond acceptors (Lipinski definition) is 4. The second-order valence-corrected chi connectivity index (χ2v) is 7.29. The summed E-state index contributed by atoms with van der Waals surface area (Å²) in [6.07, 6.45) is -4.06. The zero-order valence-corrected chi connectivity index (χ0v) is 10.9. The van der Waals surface area contributed by atoms with Crippen molar-refractivity contribution in [3.63, 3.8) is 0 Å². The Morgan fingerprint density at radius 2 is 2.05 bits per heavy atom. The van der Waals surface area contributed by atoms with E-state index in [2.05, 4.69) is 5.32 Å². The molecule has 0 aromatic rings. The van der Waals surface area contributed by atoms with Gasteiger partial charge in [0, 0.05) is 13.1 Å². The minimum absolute atomic E-state index is 0.00315. The average Bonchev–Trinajstić information content (AvgIpc) is 2.56. The molecule has 2 saturated heterocycles. The molecule has 1 N–H and O–H groups in total. The Balaban J connectivity index is 2.05. The highest BCUT2D eigenvalue weighted by Gasteiger charge is 2.47. The van der Waals surface area contributed by atoms with Gasteiger partial charge in [-0.2, -0.15) is 13.2 Å². The molecule has 0 saturated carbocycles. The summed E-state index contributed by atoms with van der Waals surface area (Å²) in [5, 5.41) is 2.19. The molecule has 2 heterocycles. The Hall–Kier alpha value is -0.830. The molecular formula is C10H15F3N2O3S. The molecule has 2 aliphatic rings. The zero-order valence-electron chi connectivity index (χ0n) is 10.1. The van der Waals surface area contributed by atoms with E-state index < -0.39 is 34.5 Å². The summed E-state index contributed by atoms with van der Waals surface area (Å²) in [5.41, 5.74) is 0. The van der Waals surface area contributed by atoms with Gasteiger partial charge in [-0.25, -0.2) is 8.42 Å². The maximum absolute atomic E-state index is 12.8. The number of nitrogens with one attached hydrogen (secondary N) is 1. The number of sulfone groups is 1. The summed E-state index contributed by atoms with van der Waals surface area (Å²) in [7, 11) is -3.12. The van der Waals surface area contributed by atoms with E-state index in [0.29, 0.717) is 6.42 Å². The minimum atomic E-state index is -4.43. The summed E-state index contributed by atoms with van der Waals surface area (Å²) >= 11 is 0. The van der Waals surface area contributed by atoms with E-state index in [1.807, 2.05) is 0 Å². The second kappa shape index (κ2) is 4.93. The molecule has 2 fully saturated rings. The maximum Gasteiger partial charge on any atom is 0.405 e. The summed E-state index contributed by atoms with van der Waals surface area (Å²) in [6, 6.07) is -1.73. The lowest BCUT2D eigenvalue weighted by molar-refractivity contribution is -0.189. The normalized spacial score (nSPS) is 32.3. The first-order valence-electron chi connectivity index (χ1n) is 5.95. The average molecular weight is 300 g/mol. The molecule has 5 nitrogen and oxygen atoms in total. The van der Waals surface area contributed by atoms with Gasteiger partial charge in [0.15, 0.2) is 9.84 Å². The van der Waals surface area contributed by atoms with E-state index in [0.717, 1.165) is 4.90 Å². The van der Waals surface area contributed by atoms with Crippen LogP contribution in [0.4, 0.5) is 13.2 Å². The smallest absolute Gasteiger partial charge is 0.353 e. The predicted octanol–water partition coefficient (Wildman–Crippen LogP) is -0.216. The van der Waals surface area contributed by atoms with Crippen molar-refractivity contribution in [1.82, 2.24) is 10.2 Å². The van der Waals surface area contributed by atoms with E-state index in [1.165, 1.54) is 0 Å². The van der Waals surface area contributed by atoms with Crippen molar-refractivity contribution in [3.05, 3.63) is 0 Å². The summed E-state index contributed by atoms with van der Waals surface area (Å²) in [4.78, 5) is 12.3. The van der Waals surface area contributed by atoms with Crippen molar-refractivity contribution in [1.29, 1.82) is 0 Å². The third-order valence-corrected chi connectivity index (χ3v) is 5.31. The molecule has 0 aromatic heterocycles. The van der Waals surface area contributed by atoms with Crippen LogP contribution in [0.5, 0.6) is 0 Å². The van der Waals surface area contributed by atoms with Gasteiger partial charge < -0.3 is 5.32 Å². The van der Waals surface area contributed by atoms with Gasteiger partial charge in [0.2, 0.25) is 5.91 Å². The molecule has 2 unspecified atom stereocenters. The van der Waals surface area contributed by atoms with Crippen LogP contribution in [0.2, 0.25) is 0 Å². The van der Waals surface area contributed by atoms with Gasteiger partial charge in [0.1, 0.15) is 6.04 Å². The van der Waals surface area contributed by atoms with Crippen LogP contribution in [-0.4, -0.2) is 62.6 Å². The minimum Gasteiger partial charge on any atom is -0.353 e. The fourth-order valence-corrected chi connectivity index (χ4v) is 4.40. The molecule has 2 aliphatic heterocycles. The number of alkyl halides is 3. The fourth-order valence-electron chi connectivity index (χ4n) is 2.55.